The van der Waals surface area contributed by atoms with Crippen LogP contribution in [0.1, 0.15) is 12.5 Å². The quantitative estimate of drug-likeness (QED) is 0.900. The highest BCUT2D eigenvalue weighted by atomic mass is 35.5. The van der Waals surface area contributed by atoms with Crippen molar-refractivity contribution < 1.29 is 13.6 Å². The molecule has 0 atom stereocenters. The third-order valence-corrected chi connectivity index (χ3v) is 2.32. The van der Waals surface area contributed by atoms with Gasteiger partial charge in [-0.05, 0) is 19.1 Å². The fraction of sp³-hybridized carbons (Fsp3) is 0.364. The van der Waals surface area contributed by atoms with E-state index >= 15 is 0 Å². The highest BCUT2D eigenvalue weighted by molar-refractivity contribution is 5.85. The number of hydrogen-bond acceptors (Lipinski definition) is 2. The van der Waals surface area contributed by atoms with Gasteiger partial charge in [-0.3, -0.25) is 4.79 Å². The molecule has 0 spiro atoms. The number of hydrogen-bond donors (Lipinski definition) is 1. The van der Waals surface area contributed by atoms with Crippen molar-refractivity contribution in [3.63, 3.8) is 0 Å². The SMILES string of the molecule is CCN(Cc1c(F)cccc1F)C(=O)CN.Cl. The summed E-state index contributed by atoms with van der Waals surface area (Å²) in [5, 5.41) is 0. The van der Waals surface area contributed by atoms with E-state index < -0.39 is 11.6 Å². The average molecular weight is 265 g/mol. The van der Waals surface area contributed by atoms with Crippen LogP contribution in [0.5, 0.6) is 0 Å². The summed E-state index contributed by atoms with van der Waals surface area (Å²) in [7, 11) is 0. The topological polar surface area (TPSA) is 46.3 Å². The van der Waals surface area contributed by atoms with Gasteiger partial charge in [-0.2, -0.15) is 0 Å². The van der Waals surface area contributed by atoms with Gasteiger partial charge in [0, 0.05) is 12.1 Å². The van der Waals surface area contributed by atoms with Gasteiger partial charge in [-0.15, -0.1) is 12.4 Å². The molecule has 0 unspecified atom stereocenters. The monoisotopic (exact) mass is 264 g/mol. The maximum absolute atomic E-state index is 13.3. The van der Waals surface area contributed by atoms with E-state index in [-0.39, 0.29) is 37.0 Å². The second kappa shape index (κ2) is 7.19. The molecule has 0 aliphatic carbocycles. The maximum atomic E-state index is 13.3. The molecule has 0 heterocycles. The normalized spacial score (nSPS) is 9.65. The van der Waals surface area contributed by atoms with Crippen LogP contribution in [0.15, 0.2) is 18.2 Å². The summed E-state index contributed by atoms with van der Waals surface area (Å²) in [6, 6.07) is 3.62. The van der Waals surface area contributed by atoms with Gasteiger partial charge in [-0.1, -0.05) is 6.07 Å². The van der Waals surface area contributed by atoms with Gasteiger partial charge >= 0.3 is 0 Å². The zero-order valence-electron chi connectivity index (χ0n) is 9.45. The molecule has 96 valence electrons. The Balaban J connectivity index is 0.00000256. The van der Waals surface area contributed by atoms with E-state index in [1.807, 2.05) is 0 Å². The first-order valence-corrected chi connectivity index (χ1v) is 5.00. The molecule has 0 saturated carbocycles. The van der Waals surface area contributed by atoms with Crippen LogP contribution in [0, 0.1) is 11.6 Å². The van der Waals surface area contributed by atoms with E-state index in [1.54, 1.807) is 6.92 Å². The van der Waals surface area contributed by atoms with Crippen molar-refractivity contribution in [2.45, 2.75) is 13.5 Å². The smallest absolute Gasteiger partial charge is 0.236 e. The summed E-state index contributed by atoms with van der Waals surface area (Å²) < 4.78 is 26.6. The second-order valence-electron chi connectivity index (χ2n) is 3.31. The van der Waals surface area contributed by atoms with Crippen molar-refractivity contribution in [3.05, 3.63) is 35.4 Å². The third kappa shape index (κ3) is 3.94. The molecule has 0 aromatic heterocycles. The van der Waals surface area contributed by atoms with Crippen molar-refractivity contribution >= 4 is 18.3 Å². The Labute approximate surface area is 105 Å². The van der Waals surface area contributed by atoms with Crippen molar-refractivity contribution in [1.82, 2.24) is 4.90 Å². The van der Waals surface area contributed by atoms with Crippen LogP contribution in [-0.2, 0) is 11.3 Å². The molecule has 0 bridgehead atoms. The molecule has 0 saturated heterocycles. The molecule has 0 aliphatic heterocycles. The highest BCUT2D eigenvalue weighted by Gasteiger charge is 2.15. The summed E-state index contributed by atoms with van der Waals surface area (Å²) >= 11 is 0. The van der Waals surface area contributed by atoms with Gasteiger partial charge in [0.25, 0.3) is 0 Å². The first-order valence-electron chi connectivity index (χ1n) is 5.00. The summed E-state index contributed by atoms with van der Waals surface area (Å²) in [5.74, 6) is -1.63. The Kier molecular flexibility index (Phi) is 6.68. The molecule has 0 aliphatic rings. The fourth-order valence-corrected chi connectivity index (χ4v) is 1.38. The number of benzene rings is 1. The van der Waals surface area contributed by atoms with Crippen LogP contribution in [0.4, 0.5) is 8.78 Å². The van der Waals surface area contributed by atoms with E-state index in [0.29, 0.717) is 6.54 Å². The van der Waals surface area contributed by atoms with Gasteiger partial charge in [-0.25, -0.2) is 8.78 Å². The van der Waals surface area contributed by atoms with E-state index in [1.165, 1.54) is 23.1 Å². The first kappa shape index (κ1) is 15.8. The number of rotatable bonds is 4. The molecule has 1 rings (SSSR count). The number of halogens is 3. The highest BCUT2D eigenvalue weighted by Crippen LogP contribution is 2.14. The summed E-state index contributed by atoms with van der Waals surface area (Å²) in [6.07, 6.45) is 0. The maximum Gasteiger partial charge on any atom is 0.236 e. The number of likely N-dealkylation sites (N-methyl/N-ethyl adjacent to an activating group) is 1. The second-order valence-corrected chi connectivity index (χ2v) is 3.31. The van der Waals surface area contributed by atoms with Crippen LogP contribution >= 0.6 is 12.4 Å². The van der Waals surface area contributed by atoms with Gasteiger partial charge in [0.1, 0.15) is 11.6 Å². The molecular weight excluding hydrogens is 250 g/mol. The lowest BCUT2D eigenvalue weighted by molar-refractivity contribution is -0.130. The van der Waals surface area contributed by atoms with Crippen LogP contribution in [0.2, 0.25) is 0 Å². The molecule has 0 radical (unpaired) electrons. The number of nitrogens with two attached hydrogens (primary N) is 1. The molecule has 2 N–H and O–H groups in total. The molecule has 17 heavy (non-hydrogen) atoms. The number of carbonyl (C=O) groups excluding carboxylic acids is 1. The van der Waals surface area contributed by atoms with E-state index in [4.69, 9.17) is 5.73 Å². The molecule has 1 aromatic rings. The van der Waals surface area contributed by atoms with Gasteiger partial charge in [0.2, 0.25) is 5.91 Å². The van der Waals surface area contributed by atoms with E-state index in [0.717, 1.165) is 0 Å². The zero-order valence-corrected chi connectivity index (χ0v) is 10.3. The predicted octanol–water partition coefficient (Wildman–Crippen LogP) is 1.69. The lowest BCUT2D eigenvalue weighted by atomic mass is 10.2. The minimum absolute atomic E-state index is 0. The van der Waals surface area contributed by atoms with Gasteiger partial charge in [0.15, 0.2) is 0 Å². The van der Waals surface area contributed by atoms with Crippen LogP contribution in [0.25, 0.3) is 0 Å². The first-order chi connectivity index (χ1) is 7.60. The predicted molar refractivity (Wildman–Crippen MR) is 63.8 cm³/mol. The van der Waals surface area contributed by atoms with Gasteiger partial charge < -0.3 is 10.6 Å². The van der Waals surface area contributed by atoms with E-state index in [2.05, 4.69) is 0 Å². The minimum Gasteiger partial charge on any atom is -0.337 e. The molecule has 0 fully saturated rings. The standard InChI is InChI=1S/C11H14F2N2O.ClH/c1-2-15(11(16)6-14)7-8-9(12)4-3-5-10(8)13;/h3-5H,2,6-7,14H2,1H3;1H. The lowest BCUT2D eigenvalue weighted by Gasteiger charge is -2.20. The van der Waals surface area contributed by atoms with Crippen molar-refractivity contribution in [1.29, 1.82) is 0 Å². The minimum atomic E-state index is -0.650. The largest absolute Gasteiger partial charge is 0.337 e. The average Bonchev–Trinajstić information content (AvgIpc) is 2.28. The number of amides is 1. The molecular formula is C11H15ClF2N2O. The van der Waals surface area contributed by atoms with Crippen molar-refractivity contribution in [2.75, 3.05) is 13.1 Å². The molecule has 6 heteroatoms. The van der Waals surface area contributed by atoms with Crippen LogP contribution < -0.4 is 5.73 Å². The summed E-state index contributed by atoms with van der Waals surface area (Å²) in [6.45, 7) is 1.84. The van der Waals surface area contributed by atoms with Gasteiger partial charge in [0.05, 0.1) is 13.1 Å². The van der Waals surface area contributed by atoms with Crippen molar-refractivity contribution in [2.24, 2.45) is 5.73 Å². The van der Waals surface area contributed by atoms with Crippen molar-refractivity contribution in [3.8, 4) is 0 Å². The molecule has 3 nitrogen and oxygen atoms in total. The molecule has 1 amide bonds. The Morgan fingerprint density at radius 3 is 2.29 bits per heavy atom. The Hall–Kier alpha value is -1.20. The van der Waals surface area contributed by atoms with Crippen LogP contribution in [-0.4, -0.2) is 23.9 Å². The number of nitrogens with zero attached hydrogens (tertiary/aromatic N) is 1. The van der Waals surface area contributed by atoms with E-state index in [9.17, 15) is 13.6 Å². The summed E-state index contributed by atoms with van der Waals surface area (Å²) in [5.41, 5.74) is 5.09. The summed E-state index contributed by atoms with van der Waals surface area (Å²) in [4.78, 5) is 12.6. The van der Waals surface area contributed by atoms with Crippen LogP contribution in [0.3, 0.4) is 0 Å². The zero-order chi connectivity index (χ0) is 12.1. The Bertz CT molecular complexity index is 367. The Morgan fingerprint density at radius 1 is 1.35 bits per heavy atom. The Morgan fingerprint density at radius 2 is 1.88 bits per heavy atom. The number of carbonyl (C=O) groups is 1. The third-order valence-electron chi connectivity index (χ3n) is 2.32. The lowest BCUT2D eigenvalue weighted by Crippen LogP contribution is -2.35. The molecule has 1 aromatic carbocycles. The fourth-order valence-electron chi connectivity index (χ4n) is 1.38.